The number of hydrogen-bond donors (Lipinski definition) is 2. The number of phenolic OH excluding ortho intramolecular Hbond substituents is 1. The van der Waals surface area contributed by atoms with Crippen LogP contribution in [-0.4, -0.2) is 17.8 Å². The average molecular weight is 321 g/mol. The number of carbonyl (C=O) groups excluding carboxylic acids is 1. The highest BCUT2D eigenvalue weighted by atomic mass is 16.5. The molecule has 3 aromatic rings. The molecule has 0 aliphatic carbocycles. The SMILES string of the molecule is CCOC(=O)NC(c1ccccc1)c1c(O)ccc2ccccc12. The molecule has 3 rings (SSSR count). The standard InChI is InChI=1S/C20H19NO3/c1-2-24-20(23)21-19(15-9-4-3-5-10-15)18-16-11-7-6-8-14(16)12-13-17(18)22/h3-13,19,22H,2H2,1H3,(H,21,23). The van der Waals surface area contributed by atoms with Gasteiger partial charge in [-0.05, 0) is 29.3 Å². The highest BCUT2D eigenvalue weighted by Gasteiger charge is 2.22. The van der Waals surface area contributed by atoms with Crippen LogP contribution in [0.3, 0.4) is 0 Å². The van der Waals surface area contributed by atoms with Crippen molar-refractivity contribution in [1.29, 1.82) is 0 Å². The van der Waals surface area contributed by atoms with Crippen LogP contribution in [0.15, 0.2) is 66.7 Å². The molecule has 0 aliphatic rings. The van der Waals surface area contributed by atoms with E-state index in [0.717, 1.165) is 16.3 Å². The number of hydrogen-bond acceptors (Lipinski definition) is 3. The maximum absolute atomic E-state index is 12.0. The van der Waals surface area contributed by atoms with Gasteiger partial charge in [-0.25, -0.2) is 4.79 Å². The van der Waals surface area contributed by atoms with E-state index in [4.69, 9.17) is 4.74 Å². The molecule has 0 fully saturated rings. The summed E-state index contributed by atoms with van der Waals surface area (Å²) in [5, 5.41) is 15.2. The van der Waals surface area contributed by atoms with Crippen LogP contribution in [-0.2, 0) is 4.74 Å². The van der Waals surface area contributed by atoms with E-state index in [2.05, 4.69) is 5.32 Å². The van der Waals surface area contributed by atoms with E-state index in [1.807, 2.05) is 60.7 Å². The lowest BCUT2D eigenvalue weighted by Gasteiger charge is -2.22. The number of fused-ring (bicyclic) bond motifs is 1. The summed E-state index contributed by atoms with van der Waals surface area (Å²) in [6.07, 6.45) is -0.515. The Labute approximate surface area is 140 Å². The first-order chi connectivity index (χ1) is 11.7. The summed E-state index contributed by atoms with van der Waals surface area (Å²) >= 11 is 0. The Balaban J connectivity index is 2.15. The molecule has 122 valence electrons. The number of nitrogens with one attached hydrogen (secondary N) is 1. The van der Waals surface area contributed by atoms with Crippen molar-refractivity contribution in [2.75, 3.05) is 6.61 Å². The molecule has 1 atom stereocenters. The van der Waals surface area contributed by atoms with Crippen molar-refractivity contribution in [3.05, 3.63) is 77.9 Å². The summed E-state index contributed by atoms with van der Waals surface area (Å²) in [5.41, 5.74) is 1.53. The maximum Gasteiger partial charge on any atom is 0.407 e. The van der Waals surface area contributed by atoms with Gasteiger partial charge in [-0.1, -0.05) is 60.7 Å². The maximum atomic E-state index is 12.0. The molecule has 24 heavy (non-hydrogen) atoms. The second kappa shape index (κ2) is 7.04. The minimum absolute atomic E-state index is 0.138. The molecular formula is C20H19NO3. The molecule has 0 saturated heterocycles. The molecule has 0 radical (unpaired) electrons. The van der Waals surface area contributed by atoms with Crippen LogP contribution in [0.4, 0.5) is 4.79 Å². The molecule has 1 amide bonds. The number of phenols is 1. The van der Waals surface area contributed by atoms with Crippen LogP contribution in [0.25, 0.3) is 10.8 Å². The number of rotatable bonds is 4. The van der Waals surface area contributed by atoms with Crippen molar-refractivity contribution in [3.63, 3.8) is 0 Å². The van der Waals surface area contributed by atoms with Gasteiger partial charge in [-0.2, -0.15) is 0 Å². The Hall–Kier alpha value is -3.01. The van der Waals surface area contributed by atoms with Crippen molar-refractivity contribution < 1.29 is 14.6 Å². The van der Waals surface area contributed by atoms with Gasteiger partial charge in [0, 0.05) is 5.56 Å². The zero-order chi connectivity index (χ0) is 16.9. The third kappa shape index (κ3) is 3.18. The van der Waals surface area contributed by atoms with Crippen molar-refractivity contribution in [1.82, 2.24) is 5.32 Å². The second-order valence-corrected chi connectivity index (χ2v) is 5.43. The van der Waals surface area contributed by atoms with Crippen molar-refractivity contribution in [2.45, 2.75) is 13.0 Å². The van der Waals surface area contributed by atoms with Gasteiger partial charge in [0.05, 0.1) is 12.6 Å². The van der Waals surface area contributed by atoms with E-state index in [1.165, 1.54) is 0 Å². The number of carbonyl (C=O) groups is 1. The highest BCUT2D eigenvalue weighted by Crippen LogP contribution is 2.35. The third-order valence-electron chi connectivity index (χ3n) is 3.91. The summed E-state index contributed by atoms with van der Waals surface area (Å²) in [7, 11) is 0. The van der Waals surface area contributed by atoms with Crippen LogP contribution in [0.1, 0.15) is 24.1 Å². The van der Waals surface area contributed by atoms with Gasteiger partial charge in [-0.3, -0.25) is 0 Å². The van der Waals surface area contributed by atoms with Gasteiger partial charge < -0.3 is 15.2 Å². The minimum atomic E-state index is -0.515. The van der Waals surface area contributed by atoms with E-state index in [1.54, 1.807) is 13.0 Å². The van der Waals surface area contributed by atoms with Crippen molar-refractivity contribution in [2.24, 2.45) is 0 Å². The third-order valence-corrected chi connectivity index (χ3v) is 3.91. The van der Waals surface area contributed by atoms with Gasteiger partial charge >= 0.3 is 6.09 Å². The predicted octanol–water partition coefficient (Wildman–Crippen LogP) is 4.38. The largest absolute Gasteiger partial charge is 0.508 e. The fourth-order valence-corrected chi connectivity index (χ4v) is 2.85. The van der Waals surface area contributed by atoms with Crippen LogP contribution in [0.5, 0.6) is 5.75 Å². The van der Waals surface area contributed by atoms with Gasteiger partial charge in [0.25, 0.3) is 0 Å². The molecule has 0 spiro atoms. The molecule has 0 aliphatic heterocycles. The van der Waals surface area contributed by atoms with E-state index in [0.29, 0.717) is 5.56 Å². The first-order valence-electron chi connectivity index (χ1n) is 7.89. The van der Waals surface area contributed by atoms with Crippen molar-refractivity contribution >= 4 is 16.9 Å². The summed E-state index contributed by atoms with van der Waals surface area (Å²) in [6, 6.07) is 20.3. The van der Waals surface area contributed by atoms with Gasteiger partial charge in [0.1, 0.15) is 5.75 Å². The molecule has 1 unspecified atom stereocenters. The lowest BCUT2D eigenvalue weighted by Crippen LogP contribution is -2.30. The Morgan fingerprint density at radius 1 is 1.04 bits per heavy atom. The number of amides is 1. The molecule has 4 nitrogen and oxygen atoms in total. The van der Waals surface area contributed by atoms with E-state index in [9.17, 15) is 9.90 Å². The quantitative estimate of drug-likeness (QED) is 0.749. The average Bonchev–Trinajstić information content (AvgIpc) is 2.61. The van der Waals surface area contributed by atoms with Crippen molar-refractivity contribution in [3.8, 4) is 5.75 Å². The predicted molar refractivity (Wildman–Crippen MR) is 94.1 cm³/mol. The first-order valence-corrected chi connectivity index (χ1v) is 7.89. The molecule has 0 aromatic heterocycles. The van der Waals surface area contributed by atoms with E-state index >= 15 is 0 Å². The lowest BCUT2D eigenvalue weighted by atomic mass is 9.93. The Kier molecular flexibility index (Phi) is 4.66. The molecular weight excluding hydrogens is 302 g/mol. The fourth-order valence-electron chi connectivity index (χ4n) is 2.85. The summed E-state index contributed by atoms with van der Waals surface area (Å²) in [5.74, 6) is 0.138. The number of alkyl carbamates (subject to hydrolysis) is 1. The lowest BCUT2D eigenvalue weighted by molar-refractivity contribution is 0.149. The fraction of sp³-hybridized carbons (Fsp3) is 0.150. The Morgan fingerprint density at radius 3 is 2.50 bits per heavy atom. The topological polar surface area (TPSA) is 58.6 Å². The molecule has 0 heterocycles. The number of benzene rings is 3. The van der Waals surface area contributed by atoms with E-state index in [-0.39, 0.29) is 12.4 Å². The number of ether oxygens (including phenoxy) is 1. The Morgan fingerprint density at radius 2 is 1.75 bits per heavy atom. The first kappa shape index (κ1) is 15.9. The van der Waals surface area contributed by atoms with Gasteiger partial charge in [0.15, 0.2) is 0 Å². The molecule has 2 N–H and O–H groups in total. The minimum Gasteiger partial charge on any atom is -0.508 e. The van der Waals surface area contributed by atoms with Crippen LogP contribution >= 0.6 is 0 Å². The van der Waals surface area contributed by atoms with Crippen LogP contribution < -0.4 is 5.32 Å². The van der Waals surface area contributed by atoms with Crippen LogP contribution in [0.2, 0.25) is 0 Å². The normalized spacial score (nSPS) is 11.9. The van der Waals surface area contributed by atoms with Gasteiger partial charge in [-0.15, -0.1) is 0 Å². The van der Waals surface area contributed by atoms with Crippen LogP contribution in [0, 0.1) is 0 Å². The molecule has 3 aromatic carbocycles. The van der Waals surface area contributed by atoms with Gasteiger partial charge in [0.2, 0.25) is 0 Å². The molecule has 0 saturated carbocycles. The summed E-state index contributed by atoms with van der Waals surface area (Å²) < 4.78 is 5.04. The molecule has 0 bridgehead atoms. The number of aromatic hydroxyl groups is 1. The summed E-state index contributed by atoms with van der Waals surface area (Å²) in [4.78, 5) is 12.0. The smallest absolute Gasteiger partial charge is 0.407 e. The monoisotopic (exact) mass is 321 g/mol. The highest BCUT2D eigenvalue weighted by molar-refractivity contribution is 5.89. The van der Waals surface area contributed by atoms with E-state index < -0.39 is 12.1 Å². The zero-order valence-electron chi connectivity index (χ0n) is 13.4. The Bertz CT molecular complexity index is 846. The second-order valence-electron chi connectivity index (χ2n) is 5.43. The summed E-state index contributed by atoms with van der Waals surface area (Å²) in [6.45, 7) is 2.04. The molecule has 4 heteroatoms. The zero-order valence-corrected chi connectivity index (χ0v) is 13.4.